The van der Waals surface area contributed by atoms with Crippen molar-refractivity contribution in [2.45, 2.75) is 26.8 Å². The van der Waals surface area contributed by atoms with E-state index in [1.165, 1.54) is 0 Å². The number of hydrogen-bond acceptors (Lipinski definition) is 4. The van der Waals surface area contributed by atoms with Gasteiger partial charge in [-0.25, -0.2) is 4.98 Å². The predicted molar refractivity (Wildman–Crippen MR) is 67.8 cm³/mol. The number of methoxy groups -OCH3 is 1. The van der Waals surface area contributed by atoms with Crippen molar-refractivity contribution in [3.8, 4) is 6.07 Å². The number of ether oxygens (including phenoxy) is 1. The molecule has 1 unspecified atom stereocenters. The second-order valence-corrected chi connectivity index (χ2v) is 4.41. The lowest BCUT2D eigenvalue weighted by Gasteiger charge is -2.22. The topological polar surface area (TPSA) is 57.9 Å². The van der Waals surface area contributed by atoms with Crippen molar-refractivity contribution < 1.29 is 4.74 Å². The predicted octanol–water partition coefficient (Wildman–Crippen LogP) is 2.34. The summed E-state index contributed by atoms with van der Waals surface area (Å²) in [6.07, 6.45) is 1.71. The van der Waals surface area contributed by atoms with Crippen LogP contribution in [0.3, 0.4) is 0 Å². The highest BCUT2D eigenvalue weighted by molar-refractivity contribution is 5.55. The summed E-state index contributed by atoms with van der Waals surface area (Å²) in [5, 5.41) is 12.4. The number of aromatic nitrogens is 1. The fourth-order valence-electron chi connectivity index (χ4n) is 1.56. The van der Waals surface area contributed by atoms with Crippen molar-refractivity contribution in [3.05, 3.63) is 23.4 Å². The highest BCUT2D eigenvalue weighted by Gasteiger charge is 2.16. The number of aryl methyl sites for hydroxylation is 1. The Hall–Kier alpha value is -1.60. The quantitative estimate of drug-likeness (QED) is 0.848. The summed E-state index contributed by atoms with van der Waals surface area (Å²) in [7, 11) is 1.67. The van der Waals surface area contributed by atoms with Crippen LogP contribution in [-0.2, 0) is 4.74 Å². The average molecular weight is 233 g/mol. The summed E-state index contributed by atoms with van der Waals surface area (Å²) in [4.78, 5) is 4.23. The molecule has 1 rings (SSSR count). The van der Waals surface area contributed by atoms with E-state index in [-0.39, 0.29) is 6.04 Å². The summed E-state index contributed by atoms with van der Waals surface area (Å²) in [6, 6.07) is 4.18. The summed E-state index contributed by atoms with van der Waals surface area (Å²) >= 11 is 0. The number of anilines is 1. The first-order valence-electron chi connectivity index (χ1n) is 5.71. The molecule has 0 saturated carbocycles. The van der Waals surface area contributed by atoms with Crippen LogP contribution in [0.1, 0.15) is 25.0 Å². The monoisotopic (exact) mass is 233 g/mol. The molecular formula is C13H19N3O. The highest BCUT2D eigenvalue weighted by Crippen LogP contribution is 2.18. The van der Waals surface area contributed by atoms with E-state index < -0.39 is 0 Å². The van der Waals surface area contributed by atoms with Gasteiger partial charge in [0.15, 0.2) is 0 Å². The number of pyridine rings is 1. The van der Waals surface area contributed by atoms with Crippen molar-refractivity contribution in [2.24, 2.45) is 5.92 Å². The van der Waals surface area contributed by atoms with E-state index >= 15 is 0 Å². The molecule has 92 valence electrons. The molecule has 0 spiro atoms. The van der Waals surface area contributed by atoms with Crippen molar-refractivity contribution in [1.82, 2.24) is 4.98 Å². The van der Waals surface area contributed by atoms with E-state index in [0.29, 0.717) is 23.9 Å². The molecule has 1 aromatic heterocycles. The van der Waals surface area contributed by atoms with Crippen LogP contribution in [0.4, 0.5) is 5.82 Å². The van der Waals surface area contributed by atoms with Gasteiger partial charge in [-0.2, -0.15) is 5.26 Å². The van der Waals surface area contributed by atoms with Gasteiger partial charge in [-0.3, -0.25) is 0 Å². The van der Waals surface area contributed by atoms with Crippen molar-refractivity contribution >= 4 is 5.82 Å². The minimum Gasteiger partial charge on any atom is -0.383 e. The first-order valence-corrected chi connectivity index (χ1v) is 5.71. The Kier molecular flexibility index (Phi) is 4.92. The molecule has 4 nitrogen and oxygen atoms in total. The molecule has 17 heavy (non-hydrogen) atoms. The van der Waals surface area contributed by atoms with Crippen molar-refractivity contribution in [1.29, 1.82) is 5.26 Å². The standard InChI is InChI=1S/C13H19N3O/c1-9(2)12(8-17-4)16-13-11(7-14)10(3)5-6-15-13/h5-6,9,12H,8H2,1-4H3,(H,15,16). The lowest BCUT2D eigenvalue weighted by Crippen LogP contribution is -2.31. The van der Waals surface area contributed by atoms with Crippen LogP contribution in [0.25, 0.3) is 0 Å². The first kappa shape index (κ1) is 13.5. The molecule has 0 fully saturated rings. The third-order valence-electron chi connectivity index (χ3n) is 2.74. The second-order valence-electron chi connectivity index (χ2n) is 4.41. The molecule has 0 aliphatic carbocycles. The van der Waals surface area contributed by atoms with E-state index in [2.05, 4.69) is 30.2 Å². The Bertz CT molecular complexity index is 410. The van der Waals surface area contributed by atoms with Gasteiger partial charge in [0.1, 0.15) is 11.9 Å². The van der Waals surface area contributed by atoms with Gasteiger partial charge < -0.3 is 10.1 Å². The molecule has 4 heteroatoms. The molecule has 0 radical (unpaired) electrons. The number of nitrogens with one attached hydrogen (secondary N) is 1. The molecular weight excluding hydrogens is 214 g/mol. The molecule has 0 aliphatic heterocycles. The smallest absolute Gasteiger partial charge is 0.144 e. The maximum atomic E-state index is 9.12. The van der Waals surface area contributed by atoms with Crippen molar-refractivity contribution in [3.63, 3.8) is 0 Å². The SMILES string of the molecule is COCC(Nc1nccc(C)c1C#N)C(C)C. The van der Waals surface area contributed by atoms with Gasteiger partial charge in [0.25, 0.3) is 0 Å². The minimum absolute atomic E-state index is 0.154. The highest BCUT2D eigenvalue weighted by atomic mass is 16.5. The zero-order valence-electron chi connectivity index (χ0n) is 10.8. The first-order chi connectivity index (χ1) is 8.10. The van der Waals surface area contributed by atoms with Gasteiger partial charge >= 0.3 is 0 Å². The van der Waals surface area contributed by atoms with Crippen LogP contribution in [-0.4, -0.2) is 24.7 Å². The molecule has 0 aromatic carbocycles. The Morgan fingerprint density at radius 3 is 2.76 bits per heavy atom. The van der Waals surface area contributed by atoms with Gasteiger partial charge in [-0.05, 0) is 24.5 Å². The second kappa shape index (κ2) is 6.21. The Morgan fingerprint density at radius 2 is 2.24 bits per heavy atom. The van der Waals surface area contributed by atoms with Crippen LogP contribution in [0.5, 0.6) is 0 Å². The van der Waals surface area contributed by atoms with Crippen LogP contribution in [0, 0.1) is 24.2 Å². The Labute approximate surface area is 103 Å². The van der Waals surface area contributed by atoms with Crippen LogP contribution in [0.2, 0.25) is 0 Å². The molecule has 1 N–H and O–H groups in total. The molecule has 0 amide bonds. The normalized spacial score (nSPS) is 12.2. The molecule has 1 aromatic rings. The van der Waals surface area contributed by atoms with E-state index in [4.69, 9.17) is 10.00 Å². The van der Waals surface area contributed by atoms with E-state index in [0.717, 1.165) is 5.56 Å². The van der Waals surface area contributed by atoms with E-state index in [1.54, 1.807) is 13.3 Å². The summed E-state index contributed by atoms with van der Waals surface area (Å²) < 4.78 is 5.17. The lowest BCUT2D eigenvalue weighted by molar-refractivity contribution is 0.171. The van der Waals surface area contributed by atoms with Gasteiger partial charge in [-0.15, -0.1) is 0 Å². The number of nitrogens with zero attached hydrogens (tertiary/aromatic N) is 2. The third kappa shape index (κ3) is 3.43. The van der Waals surface area contributed by atoms with Crippen LogP contribution in [0.15, 0.2) is 12.3 Å². The molecule has 1 atom stereocenters. The van der Waals surface area contributed by atoms with Gasteiger partial charge in [0.05, 0.1) is 18.2 Å². The Morgan fingerprint density at radius 1 is 1.53 bits per heavy atom. The summed E-state index contributed by atoms with van der Waals surface area (Å²) in [6.45, 7) is 6.72. The maximum Gasteiger partial charge on any atom is 0.144 e. The van der Waals surface area contributed by atoms with Crippen LogP contribution < -0.4 is 5.32 Å². The Balaban J connectivity index is 2.94. The van der Waals surface area contributed by atoms with Crippen molar-refractivity contribution in [2.75, 3.05) is 19.0 Å². The zero-order chi connectivity index (χ0) is 12.8. The molecule has 0 saturated heterocycles. The number of rotatable bonds is 5. The molecule has 0 bridgehead atoms. The van der Waals surface area contributed by atoms with Gasteiger partial charge in [0, 0.05) is 13.3 Å². The largest absolute Gasteiger partial charge is 0.383 e. The third-order valence-corrected chi connectivity index (χ3v) is 2.74. The maximum absolute atomic E-state index is 9.12. The van der Waals surface area contributed by atoms with E-state index in [1.807, 2.05) is 13.0 Å². The fraction of sp³-hybridized carbons (Fsp3) is 0.538. The summed E-state index contributed by atoms with van der Waals surface area (Å²) in [5.74, 6) is 1.05. The average Bonchev–Trinajstić information content (AvgIpc) is 2.28. The number of nitriles is 1. The summed E-state index contributed by atoms with van der Waals surface area (Å²) in [5.41, 5.74) is 1.54. The van der Waals surface area contributed by atoms with Gasteiger partial charge in [0.2, 0.25) is 0 Å². The fourth-order valence-corrected chi connectivity index (χ4v) is 1.56. The van der Waals surface area contributed by atoms with Gasteiger partial charge in [-0.1, -0.05) is 13.8 Å². The minimum atomic E-state index is 0.154. The number of hydrogen-bond donors (Lipinski definition) is 1. The van der Waals surface area contributed by atoms with Crippen LogP contribution >= 0.6 is 0 Å². The lowest BCUT2D eigenvalue weighted by atomic mass is 10.0. The molecule has 0 aliphatic rings. The molecule has 1 heterocycles. The zero-order valence-corrected chi connectivity index (χ0v) is 10.8. The van der Waals surface area contributed by atoms with E-state index in [9.17, 15) is 0 Å².